The third-order valence-corrected chi connectivity index (χ3v) is 3.66. The molecule has 1 rings (SSSR count). The van der Waals surface area contributed by atoms with Gasteiger partial charge in [0.05, 0.1) is 0 Å². The van der Waals surface area contributed by atoms with Gasteiger partial charge in [-0.05, 0) is 39.2 Å². The number of unbranched alkanes of at least 4 members (excludes halogenated alkanes) is 2. The van der Waals surface area contributed by atoms with Crippen LogP contribution in [0.25, 0.3) is 0 Å². The van der Waals surface area contributed by atoms with Crippen LogP contribution in [-0.2, 0) is 20.7 Å². The molecule has 0 heterocycles. The van der Waals surface area contributed by atoms with Crippen LogP contribution in [-0.4, -0.2) is 41.3 Å². The van der Waals surface area contributed by atoms with Crippen molar-refractivity contribution in [3.05, 3.63) is 35.9 Å². The Hall–Kier alpha value is -2.57. The molecule has 150 valence electrons. The second-order valence-corrected chi connectivity index (χ2v) is 7.39. The van der Waals surface area contributed by atoms with Gasteiger partial charge in [0, 0.05) is 19.4 Å². The Kier molecular flexibility index (Phi) is 9.33. The van der Waals surface area contributed by atoms with E-state index in [9.17, 15) is 19.5 Å². The number of carboxylic acid groups (broad SMARTS) is 1. The Bertz CT molecular complexity index is 611. The van der Waals surface area contributed by atoms with Crippen molar-refractivity contribution in [2.75, 3.05) is 6.54 Å². The molecule has 1 unspecified atom stereocenters. The molecule has 7 heteroatoms. The zero-order chi connectivity index (χ0) is 20.3. The highest BCUT2D eigenvalue weighted by Crippen LogP contribution is 2.07. The number of nitrogens with one attached hydrogen (secondary N) is 2. The van der Waals surface area contributed by atoms with Gasteiger partial charge in [-0.15, -0.1) is 0 Å². The molecule has 0 aliphatic heterocycles. The summed E-state index contributed by atoms with van der Waals surface area (Å²) in [4.78, 5) is 34.8. The van der Waals surface area contributed by atoms with Crippen LogP contribution in [0.5, 0.6) is 0 Å². The molecule has 1 atom stereocenters. The summed E-state index contributed by atoms with van der Waals surface area (Å²) in [7, 11) is 0. The minimum Gasteiger partial charge on any atom is -0.480 e. The zero-order valence-electron chi connectivity index (χ0n) is 16.3. The van der Waals surface area contributed by atoms with Gasteiger partial charge in [-0.1, -0.05) is 36.8 Å². The van der Waals surface area contributed by atoms with Gasteiger partial charge in [-0.2, -0.15) is 0 Å². The summed E-state index contributed by atoms with van der Waals surface area (Å²) in [5, 5.41) is 14.5. The molecule has 0 aliphatic rings. The number of carbonyl (C=O) groups excluding carboxylic acids is 2. The number of carboxylic acids is 1. The van der Waals surface area contributed by atoms with Gasteiger partial charge in [-0.3, -0.25) is 4.79 Å². The SMILES string of the molecule is CC(C)(C)OC(=O)NCCCCCC(=O)NC(Cc1ccccc1)C(=O)O. The Labute approximate surface area is 160 Å². The van der Waals surface area contributed by atoms with Gasteiger partial charge in [0.1, 0.15) is 11.6 Å². The van der Waals surface area contributed by atoms with Crippen LogP contribution in [0.4, 0.5) is 4.79 Å². The molecule has 0 saturated carbocycles. The van der Waals surface area contributed by atoms with Gasteiger partial charge in [0.15, 0.2) is 0 Å². The Morgan fingerprint density at radius 3 is 2.33 bits per heavy atom. The van der Waals surface area contributed by atoms with E-state index in [0.29, 0.717) is 13.0 Å². The molecule has 1 aromatic carbocycles. The Morgan fingerprint density at radius 2 is 1.74 bits per heavy atom. The maximum atomic E-state index is 12.0. The van der Waals surface area contributed by atoms with E-state index in [0.717, 1.165) is 18.4 Å². The molecule has 2 amide bonds. The smallest absolute Gasteiger partial charge is 0.407 e. The maximum Gasteiger partial charge on any atom is 0.407 e. The second kappa shape index (κ2) is 11.2. The van der Waals surface area contributed by atoms with Crippen LogP contribution in [0, 0.1) is 0 Å². The van der Waals surface area contributed by atoms with Crippen molar-refractivity contribution in [1.82, 2.24) is 10.6 Å². The highest BCUT2D eigenvalue weighted by atomic mass is 16.6. The second-order valence-electron chi connectivity index (χ2n) is 7.39. The van der Waals surface area contributed by atoms with Gasteiger partial charge >= 0.3 is 12.1 Å². The number of alkyl carbamates (subject to hydrolysis) is 1. The third kappa shape index (κ3) is 10.9. The predicted octanol–water partition coefficient (Wildman–Crippen LogP) is 2.88. The predicted molar refractivity (Wildman–Crippen MR) is 102 cm³/mol. The summed E-state index contributed by atoms with van der Waals surface area (Å²) in [6.45, 7) is 5.87. The molecular weight excluding hydrogens is 348 g/mol. The van der Waals surface area contributed by atoms with Gasteiger partial charge in [0.2, 0.25) is 5.91 Å². The highest BCUT2D eigenvalue weighted by molar-refractivity contribution is 5.83. The lowest BCUT2D eigenvalue weighted by Gasteiger charge is -2.19. The Balaban J connectivity index is 2.21. The number of carbonyl (C=O) groups is 3. The zero-order valence-corrected chi connectivity index (χ0v) is 16.3. The highest BCUT2D eigenvalue weighted by Gasteiger charge is 2.20. The molecule has 3 N–H and O–H groups in total. The third-order valence-electron chi connectivity index (χ3n) is 3.66. The molecule has 0 spiro atoms. The molecular formula is C20H30N2O5. The minimum absolute atomic E-state index is 0.252. The normalized spacial score (nSPS) is 12.1. The Morgan fingerprint density at radius 1 is 1.07 bits per heavy atom. The first-order valence-electron chi connectivity index (χ1n) is 9.20. The molecule has 0 bridgehead atoms. The van der Waals surface area contributed by atoms with Crippen molar-refractivity contribution >= 4 is 18.0 Å². The summed E-state index contributed by atoms with van der Waals surface area (Å²) in [6.07, 6.45) is 2.15. The van der Waals surface area contributed by atoms with Crippen molar-refractivity contribution in [2.24, 2.45) is 0 Å². The average molecular weight is 378 g/mol. The van der Waals surface area contributed by atoms with E-state index in [2.05, 4.69) is 10.6 Å². The summed E-state index contributed by atoms with van der Waals surface area (Å²) >= 11 is 0. The largest absolute Gasteiger partial charge is 0.480 e. The van der Waals surface area contributed by atoms with Crippen LogP contribution < -0.4 is 10.6 Å². The van der Waals surface area contributed by atoms with Crippen LogP contribution in [0.15, 0.2) is 30.3 Å². The van der Waals surface area contributed by atoms with E-state index in [1.807, 2.05) is 30.3 Å². The van der Waals surface area contributed by atoms with Crippen LogP contribution in [0.3, 0.4) is 0 Å². The molecule has 0 fully saturated rings. The van der Waals surface area contributed by atoms with Crippen molar-refractivity contribution in [2.45, 2.75) is 64.5 Å². The molecule has 0 aliphatic carbocycles. The van der Waals surface area contributed by atoms with Crippen LogP contribution in [0.2, 0.25) is 0 Å². The molecule has 0 saturated heterocycles. The van der Waals surface area contributed by atoms with Crippen LogP contribution in [0.1, 0.15) is 52.0 Å². The molecule has 1 aromatic rings. The number of rotatable bonds is 10. The van der Waals surface area contributed by atoms with Gasteiger partial charge in [0.25, 0.3) is 0 Å². The number of benzene rings is 1. The van der Waals surface area contributed by atoms with Crippen LogP contribution >= 0.6 is 0 Å². The first-order chi connectivity index (χ1) is 12.7. The van der Waals surface area contributed by atoms with Crippen molar-refractivity contribution < 1.29 is 24.2 Å². The molecule has 7 nitrogen and oxygen atoms in total. The van der Waals surface area contributed by atoms with E-state index in [1.165, 1.54) is 0 Å². The topological polar surface area (TPSA) is 105 Å². The standard InChI is InChI=1S/C20H30N2O5/c1-20(2,3)27-19(26)21-13-9-5-8-12-17(23)22-16(18(24)25)14-15-10-6-4-7-11-15/h4,6-7,10-11,16H,5,8-9,12-14H2,1-3H3,(H,21,26)(H,22,23)(H,24,25). The number of ether oxygens (including phenoxy) is 1. The molecule has 0 radical (unpaired) electrons. The minimum atomic E-state index is -1.05. The average Bonchev–Trinajstić information content (AvgIpc) is 2.56. The summed E-state index contributed by atoms with van der Waals surface area (Å²) in [5.41, 5.74) is 0.334. The van der Waals surface area contributed by atoms with Crippen molar-refractivity contribution in [3.8, 4) is 0 Å². The summed E-state index contributed by atoms with van der Waals surface area (Å²) in [5.74, 6) is -1.33. The first kappa shape index (κ1) is 22.5. The summed E-state index contributed by atoms with van der Waals surface area (Å²) < 4.78 is 5.13. The fourth-order valence-corrected chi connectivity index (χ4v) is 2.41. The number of hydrogen-bond acceptors (Lipinski definition) is 4. The van der Waals surface area contributed by atoms with Gasteiger partial charge in [-0.25, -0.2) is 9.59 Å². The monoisotopic (exact) mass is 378 g/mol. The summed E-state index contributed by atoms with van der Waals surface area (Å²) in [6, 6.07) is 8.26. The van der Waals surface area contributed by atoms with E-state index in [-0.39, 0.29) is 18.7 Å². The van der Waals surface area contributed by atoms with E-state index in [4.69, 9.17) is 4.74 Å². The number of aliphatic carboxylic acids is 1. The van der Waals surface area contributed by atoms with Crippen molar-refractivity contribution in [1.29, 1.82) is 0 Å². The van der Waals surface area contributed by atoms with Gasteiger partial charge < -0.3 is 20.5 Å². The van der Waals surface area contributed by atoms with Crippen molar-refractivity contribution in [3.63, 3.8) is 0 Å². The lowest BCUT2D eigenvalue weighted by molar-refractivity contribution is -0.141. The maximum absolute atomic E-state index is 12.0. The number of amides is 2. The van der Waals surface area contributed by atoms with E-state index < -0.39 is 23.7 Å². The fraction of sp³-hybridized carbons (Fsp3) is 0.550. The first-order valence-corrected chi connectivity index (χ1v) is 9.20. The van der Waals surface area contributed by atoms with E-state index in [1.54, 1.807) is 20.8 Å². The number of hydrogen-bond donors (Lipinski definition) is 3. The molecule has 27 heavy (non-hydrogen) atoms. The molecule has 0 aromatic heterocycles. The lowest BCUT2D eigenvalue weighted by atomic mass is 10.1. The van der Waals surface area contributed by atoms with E-state index >= 15 is 0 Å². The lowest BCUT2D eigenvalue weighted by Crippen LogP contribution is -2.42. The fourth-order valence-electron chi connectivity index (χ4n) is 2.41. The quantitative estimate of drug-likeness (QED) is 0.543.